The number of hydrogen-bond acceptors (Lipinski definition) is 3. The molecule has 0 spiro atoms. The SMILES string of the molecule is CC1OCCN[C@@H]1O[Si](C)(C)C(C)(C)C. The third kappa shape index (κ3) is 3.28. The molecule has 2 atom stereocenters. The lowest BCUT2D eigenvalue weighted by molar-refractivity contribution is -0.0662. The van der Waals surface area contributed by atoms with Crippen LogP contribution in [0.25, 0.3) is 0 Å². The van der Waals surface area contributed by atoms with Gasteiger partial charge in [0.05, 0.1) is 12.7 Å². The average molecular weight is 231 g/mol. The fourth-order valence-electron chi connectivity index (χ4n) is 1.33. The molecule has 1 unspecified atom stereocenters. The standard InChI is InChI=1S/C11H25NO2Si/c1-9-10(12-7-8-13-9)14-15(5,6)11(2,3)4/h9-10,12H,7-8H2,1-6H3/t9?,10-/m1/s1. The first-order valence-corrected chi connectivity index (χ1v) is 8.68. The lowest BCUT2D eigenvalue weighted by Crippen LogP contribution is -2.55. The van der Waals surface area contributed by atoms with Crippen molar-refractivity contribution in [3.05, 3.63) is 0 Å². The molecule has 0 saturated carbocycles. The molecule has 1 N–H and O–H groups in total. The molecule has 1 aliphatic heterocycles. The zero-order valence-corrected chi connectivity index (χ0v) is 11.9. The van der Waals surface area contributed by atoms with E-state index >= 15 is 0 Å². The molecule has 15 heavy (non-hydrogen) atoms. The molecule has 0 aliphatic carbocycles. The molecule has 0 aromatic carbocycles. The lowest BCUT2D eigenvalue weighted by Gasteiger charge is -2.42. The Balaban J connectivity index is 2.59. The summed E-state index contributed by atoms with van der Waals surface area (Å²) in [6.45, 7) is 15.1. The Morgan fingerprint density at radius 2 is 1.93 bits per heavy atom. The highest BCUT2D eigenvalue weighted by molar-refractivity contribution is 6.74. The monoisotopic (exact) mass is 231 g/mol. The topological polar surface area (TPSA) is 30.5 Å². The molecule has 1 rings (SSSR count). The summed E-state index contributed by atoms with van der Waals surface area (Å²) in [7, 11) is -1.68. The highest BCUT2D eigenvalue weighted by Gasteiger charge is 2.40. The second kappa shape index (κ2) is 4.53. The van der Waals surface area contributed by atoms with Gasteiger partial charge in [0.15, 0.2) is 8.32 Å². The second-order valence-electron chi connectivity index (χ2n) is 5.83. The first-order valence-electron chi connectivity index (χ1n) is 5.77. The molecular formula is C11H25NO2Si. The summed E-state index contributed by atoms with van der Waals surface area (Å²) < 4.78 is 11.8. The van der Waals surface area contributed by atoms with E-state index in [4.69, 9.17) is 9.16 Å². The molecule has 3 nitrogen and oxygen atoms in total. The van der Waals surface area contributed by atoms with Gasteiger partial charge in [-0.2, -0.15) is 0 Å². The zero-order valence-electron chi connectivity index (χ0n) is 10.9. The molecule has 0 aromatic heterocycles. The van der Waals surface area contributed by atoms with Crippen molar-refractivity contribution < 1.29 is 9.16 Å². The van der Waals surface area contributed by atoms with Crippen LogP contribution in [-0.4, -0.2) is 33.8 Å². The first-order chi connectivity index (χ1) is 6.74. The molecule has 0 bridgehead atoms. The predicted octanol–water partition coefficient (Wildman–Crippen LogP) is 2.34. The van der Waals surface area contributed by atoms with Gasteiger partial charge in [-0.1, -0.05) is 20.8 Å². The Morgan fingerprint density at radius 3 is 2.40 bits per heavy atom. The van der Waals surface area contributed by atoms with E-state index in [1.165, 1.54) is 0 Å². The minimum atomic E-state index is -1.68. The van der Waals surface area contributed by atoms with Gasteiger partial charge in [0.2, 0.25) is 0 Å². The summed E-state index contributed by atoms with van der Waals surface area (Å²) in [5, 5.41) is 3.64. The Labute approximate surface area is 94.7 Å². The molecule has 1 aliphatic rings. The maximum atomic E-state index is 6.26. The van der Waals surface area contributed by atoms with Crippen LogP contribution in [0.3, 0.4) is 0 Å². The van der Waals surface area contributed by atoms with Crippen LogP contribution in [0.5, 0.6) is 0 Å². The molecule has 1 fully saturated rings. The molecule has 1 saturated heterocycles. The van der Waals surface area contributed by atoms with Gasteiger partial charge in [-0.3, -0.25) is 5.32 Å². The fourth-order valence-corrected chi connectivity index (χ4v) is 2.59. The van der Waals surface area contributed by atoms with Gasteiger partial charge >= 0.3 is 0 Å². The van der Waals surface area contributed by atoms with E-state index in [1.54, 1.807) is 0 Å². The van der Waals surface area contributed by atoms with E-state index in [2.05, 4.69) is 46.1 Å². The Hall–Kier alpha value is 0.0969. The van der Waals surface area contributed by atoms with Crippen LogP contribution >= 0.6 is 0 Å². The number of hydrogen-bond donors (Lipinski definition) is 1. The molecule has 0 aromatic rings. The van der Waals surface area contributed by atoms with Crippen LogP contribution in [0.15, 0.2) is 0 Å². The number of ether oxygens (including phenoxy) is 1. The van der Waals surface area contributed by atoms with E-state index in [-0.39, 0.29) is 17.4 Å². The fraction of sp³-hybridized carbons (Fsp3) is 1.00. The minimum Gasteiger partial charge on any atom is -0.399 e. The maximum absolute atomic E-state index is 6.26. The van der Waals surface area contributed by atoms with Crippen molar-refractivity contribution in [1.29, 1.82) is 0 Å². The normalized spacial score (nSPS) is 29.2. The third-order valence-corrected chi connectivity index (χ3v) is 7.94. The molecule has 4 heteroatoms. The van der Waals surface area contributed by atoms with E-state index in [9.17, 15) is 0 Å². The minimum absolute atomic E-state index is 0.0691. The lowest BCUT2D eigenvalue weighted by atomic mass is 10.2. The molecule has 90 valence electrons. The van der Waals surface area contributed by atoms with Crippen molar-refractivity contribution >= 4 is 8.32 Å². The summed E-state index contributed by atoms with van der Waals surface area (Å²) in [5.41, 5.74) is 0. The second-order valence-corrected chi connectivity index (χ2v) is 10.6. The maximum Gasteiger partial charge on any atom is 0.194 e. The summed E-state index contributed by atoms with van der Waals surface area (Å²) in [4.78, 5) is 0. The summed E-state index contributed by atoms with van der Waals surface area (Å²) in [6, 6.07) is 0. The number of rotatable bonds is 2. The van der Waals surface area contributed by atoms with Gasteiger partial charge in [0, 0.05) is 6.54 Å². The van der Waals surface area contributed by atoms with Crippen LogP contribution in [0.1, 0.15) is 27.7 Å². The van der Waals surface area contributed by atoms with Gasteiger partial charge in [-0.15, -0.1) is 0 Å². The van der Waals surface area contributed by atoms with Gasteiger partial charge in [0.1, 0.15) is 6.23 Å². The quantitative estimate of drug-likeness (QED) is 0.740. The molecule has 0 radical (unpaired) electrons. The highest BCUT2D eigenvalue weighted by atomic mass is 28.4. The van der Waals surface area contributed by atoms with Crippen molar-refractivity contribution in [3.63, 3.8) is 0 Å². The number of morpholine rings is 1. The Morgan fingerprint density at radius 1 is 1.33 bits per heavy atom. The summed E-state index contributed by atoms with van der Waals surface area (Å²) in [5.74, 6) is 0. The zero-order chi connectivity index (χ0) is 11.7. The van der Waals surface area contributed by atoms with Gasteiger partial charge in [0.25, 0.3) is 0 Å². The van der Waals surface area contributed by atoms with Crippen LogP contribution in [0.2, 0.25) is 18.1 Å². The van der Waals surface area contributed by atoms with E-state index in [0.29, 0.717) is 0 Å². The van der Waals surface area contributed by atoms with Crippen LogP contribution in [-0.2, 0) is 9.16 Å². The summed E-state index contributed by atoms with van der Waals surface area (Å²) in [6.07, 6.45) is 0.229. The Kier molecular flexibility index (Phi) is 3.98. The van der Waals surface area contributed by atoms with Crippen molar-refractivity contribution in [2.45, 2.75) is 58.2 Å². The highest BCUT2D eigenvalue weighted by Crippen LogP contribution is 2.37. The first kappa shape index (κ1) is 13.2. The third-order valence-electron chi connectivity index (χ3n) is 3.48. The molecule has 0 amide bonds. The summed E-state index contributed by atoms with van der Waals surface area (Å²) >= 11 is 0. The van der Waals surface area contributed by atoms with E-state index in [1.807, 2.05) is 0 Å². The van der Waals surface area contributed by atoms with Crippen molar-refractivity contribution in [3.8, 4) is 0 Å². The largest absolute Gasteiger partial charge is 0.399 e. The van der Waals surface area contributed by atoms with E-state index in [0.717, 1.165) is 13.2 Å². The smallest absolute Gasteiger partial charge is 0.194 e. The van der Waals surface area contributed by atoms with Crippen molar-refractivity contribution in [2.75, 3.05) is 13.2 Å². The Bertz CT molecular complexity index is 213. The molecule has 1 heterocycles. The predicted molar refractivity (Wildman–Crippen MR) is 65.5 cm³/mol. The van der Waals surface area contributed by atoms with Crippen LogP contribution < -0.4 is 5.32 Å². The van der Waals surface area contributed by atoms with Crippen molar-refractivity contribution in [2.24, 2.45) is 0 Å². The van der Waals surface area contributed by atoms with Crippen molar-refractivity contribution in [1.82, 2.24) is 5.32 Å². The van der Waals surface area contributed by atoms with Gasteiger partial charge < -0.3 is 9.16 Å². The van der Waals surface area contributed by atoms with Gasteiger partial charge in [-0.05, 0) is 25.1 Å². The molecular weight excluding hydrogens is 206 g/mol. The van der Waals surface area contributed by atoms with Crippen LogP contribution in [0, 0.1) is 0 Å². The van der Waals surface area contributed by atoms with E-state index < -0.39 is 8.32 Å². The van der Waals surface area contributed by atoms with Gasteiger partial charge in [-0.25, -0.2) is 0 Å². The number of nitrogens with one attached hydrogen (secondary N) is 1. The van der Waals surface area contributed by atoms with Crippen LogP contribution in [0.4, 0.5) is 0 Å². The average Bonchev–Trinajstić information content (AvgIpc) is 2.06.